The lowest BCUT2D eigenvalue weighted by Crippen LogP contribution is -2.39. The normalized spacial score (nSPS) is 12.8. The van der Waals surface area contributed by atoms with Gasteiger partial charge in [-0.3, -0.25) is 4.99 Å². The van der Waals surface area contributed by atoms with Crippen LogP contribution in [0.5, 0.6) is 0 Å². The molecule has 0 radical (unpaired) electrons. The molecule has 6 nitrogen and oxygen atoms in total. The molecule has 0 aromatic heterocycles. The van der Waals surface area contributed by atoms with Gasteiger partial charge in [0.15, 0.2) is 5.96 Å². The average Bonchev–Trinajstić information content (AvgIpc) is 2.44. The van der Waals surface area contributed by atoms with Gasteiger partial charge in [0, 0.05) is 25.3 Å². The van der Waals surface area contributed by atoms with Gasteiger partial charge in [-0.1, -0.05) is 12.1 Å². The third kappa shape index (κ3) is 9.52. The van der Waals surface area contributed by atoms with Gasteiger partial charge in [0.1, 0.15) is 5.60 Å². The number of carbonyl (C=O) groups excluding carboxylic acids is 1. The molecule has 25 heavy (non-hydrogen) atoms. The molecule has 1 aromatic carbocycles. The number of aliphatic imine (C=N–C) groups is 1. The topological polar surface area (TPSA) is 80.0 Å². The molecule has 0 heterocycles. The summed E-state index contributed by atoms with van der Waals surface area (Å²) in [4.78, 5) is 17.9. The van der Waals surface area contributed by atoms with E-state index in [0.717, 1.165) is 11.3 Å². The van der Waals surface area contributed by atoms with E-state index in [1.54, 1.807) is 11.9 Å². The van der Waals surface area contributed by atoms with E-state index in [9.17, 15) is 4.79 Å². The molecule has 1 rings (SSSR count). The maximum Gasteiger partial charge on any atom is 0.410 e. The van der Waals surface area contributed by atoms with Gasteiger partial charge >= 0.3 is 6.09 Å². The van der Waals surface area contributed by atoms with E-state index in [4.69, 9.17) is 10.5 Å². The van der Waals surface area contributed by atoms with E-state index in [-0.39, 0.29) is 36.1 Å². The number of hydrogen-bond donors (Lipinski definition) is 2. The van der Waals surface area contributed by atoms with E-state index in [0.29, 0.717) is 18.9 Å². The first-order valence-electron chi connectivity index (χ1n) is 8.18. The Morgan fingerprint density at radius 2 is 2.04 bits per heavy atom. The molecule has 0 saturated carbocycles. The highest BCUT2D eigenvalue weighted by atomic mass is 127. The van der Waals surface area contributed by atoms with E-state index in [2.05, 4.69) is 10.3 Å². The number of halogens is 1. The molecular formula is C18H31IN4O2. The number of benzene rings is 1. The second-order valence-electron chi connectivity index (χ2n) is 6.99. The highest BCUT2D eigenvalue weighted by molar-refractivity contribution is 14.0. The van der Waals surface area contributed by atoms with E-state index in [1.165, 1.54) is 0 Å². The number of nitrogens with zero attached hydrogens (tertiary/aromatic N) is 2. The zero-order valence-electron chi connectivity index (χ0n) is 16.0. The van der Waals surface area contributed by atoms with Crippen LogP contribution < -0.4 is 11.1 Å². The molecule has 0 bridgehead atoms. The van der Waals surface area contributed by atoms with Gasteiger partial charge in [-0.15, -0.1) is 24.0 Å². The first-order chi connectivity index (χ1) is 11.1. The molecule has 0 spiro atoms. The molecule has 0 fully saturated rings. The summed E-state index contributed by atoms with van der Waals surface area (Å²) >= 11 is 0. The number of ether oxygens (including phenoxy) is 1. The number of amides is 1. The lowest BCUT2D eigenvalue weighted by atomic mass is 10.2. The standard InChI is InChI=1S/C18H30N4O2.HI/c1-13-8-7-9-15(12-13)21-16(19)20-11-10-14(2)22(6)17(23)24-18(3,4)5;/h7-9,12,14H,10-11H2,1-6H3,(H3,19,20,21);1H. The van der Waals surface area contributed by atoms with Crippen molar-refractivity contribution in [3.05, 3.63) is 29.8 Å². The summed E-state index contributed by atoms with van der Waals surface area (Å²) in [5.74, 6) is 0.368. The molecule has 0 aliphatic heterocycles. The largest absolute Gasteiger partial charge is 0.444 e. The lowest BCUT2D eigenvalue weighted by Gasteiger charge is -2.28. The molecule has 3 N–H and O–H groups in total. The number of aryl methyl sites for hydroxylation is 1. The van der Waals surface area contributed by atoms with Crippen molar-refractivity contribution in [1.29, 1.82) is 0 Å². The predicted molar refractivity (Wildman–Crippen MR) is 115 cm³/mol. The van der Waals surface area contributed by atoms with Gasteiger partial charge in [0.25, 0.3) is 0 Å². The molecular weight excluding hydrogens is 431 g/mol. The maximum absolute atomic E-state index is 12.0. The Hall–Kier alpha value is -1.51. The number of carbonyl (C=O) groups is 1. The molecule has 1 aromatic rings. The number of anilines is 1. The van der Waals surface area contributed by atoms with Crippen LogP contribution >= 0.6 is 24.0 Å². The molecule has 0 aliphatic rings. The third-order valence-electron chi connectivity index (χ3n) is 3.46. The van der Waals surface area contributed by atoms with Crippen molar-refractivity contribution >= 4 is 41.7 Å². The summed E-state index contributed by atoms with van der Waals surface area (Å²) in [5, 5.41) is 3.06. The second-order valence-corrected chi connectivity index (χ2v) is 6.99. The van der Waals surface area contributed by atoms with Crippen LogP contribution in [0.15, 0.2) is 29.3 Å². The molecule has 7 heteroatoms. The highest BCUT2D eigenvalue weighted by Gasteiger charge is 2.22. The summed E-state index contributed by atoms with van der Waals surface area (Å²) in [6.45, 7) is 10.1. The van der Waals surface area contributed by atoms with Gasteiger partial charge < -0.3 is 20.7 Å². The quantitative estimate of drug-likeness (QED) is 0.394. The SMILES string of the molecule is Cc1cccc(NC(N)=NCCC(C)N(C)C(=O)OC(C)(C)C)c1.I. The van der Waals surface area contributed by atoms with Crippen LogP contribution in [0.25, 0.3) is 0 Å². The Bertz CT molecular complexity index is 585. The van der Waals surface area contributed by atoms with Gasteiger partial charge in [-0.2, -0.15) is 0 Å². The zero-order chi connectivity index (χ0) is 18.3. The lowest BCUT2D eigenvalue weighted by molar-refractivity contribution is 0.0231. The van der Waals surface area contributed by atoms with Gasteiger partial charge in [-0.25, -0.2) is 4.79 Å². The summed E-state index contributed by atoms with van der Waals surface area (Å²) < 4.78 is 5.35. The Balaban J connectivity index is 0.00000576. The van der Waals surface area contributed by atoms with Crippen LogP contribution in [0, 0.1) is 6.92 Å². The molecule has 0 saturated heterocycles. The van der Waals surface area contributed by atoms with Gasteiger partial charge in [-0.05, 0) is 58.7 Å². The monoisotopic (exact) mass is 462 g/mol. The van der Waals surface area contributed by atoms with Crippen molar-refractivity contribution in [3.63, 3.8) is 0 Å². The van der Waals surface area contributed by atoms with Crippen LogP contribution in [-0.4, -0.2) is 42.2 Å². The fraction of sp³-hybridized carbons (Fsp3) is 0.556. The molecule has 1 unspecified atom stereocenters. The summed E-state index contributed by atoms with van der Waals surface area (Å²) in [6.07, 6.45) is 0.371. The molecule has 142 valence electrons. The first kappa shape index (κ1) is 23.5. The minimum atomic E-state index is -0.495. The summed E-state index contributed by atoms with van der Waals surface area (Å²) in [5.41, 5.74) is 7.47. The van der Waals surface area contributed by atoms with E-state index in [1.807, 2.05) is 58.9 Å². The maximum atomic E-state index is 12.0. The third-order valence-corrected chi connectivity index (χ3v) is 3.46. The average molecular weight is 462 g/mol. The number of nitrogens with two attached hydrogens (primary N) is 1. The van der Waals surface area contributed by atoms with E-state index < -0.39 is 5.60 Å². The van der Waals surface area contributed by atoms with E-state index >= 15 is 0 Å². The van der Waals surface area contributed by atoms with Crippen molar-refractivity contribution in [3.8, 4) is 0 Å². The fourth-order valence-corrected chi connectivity index (χ4v) is 1.99. The Kier molecular flexibility index (Phi) is 9.84. The molecule has 1 atom stereocenters. The highest BCUT2D eigenvalue weighted by Crippen LogP contribution is 2.12. The number of guanidine groups is 1. The summed E-state index contributed by atoms with van der Waals surface area (Å²) in [6, 6.07) is 7.93. The molecule has 0 aliphatic carbocycles. The van der Waals surface area contributed by atoms with Crippen LogP contribution in [0.4, 0.5) is 10.5 Å². The van der Waals surface area contributed by atoms with Crippen molar-refractivity contribution in [1.82, 2.24) is 4.90 Å². The zero-order valence-corrected chi connectivity index (χ0v) is 18.3. The minimum Gasteiger partial charge on any atom is -0.444 e. The second kappa shape index (κ2) is 10.5. The number of nitrogens with one attached hydrogen (secondary N) is 1. The van der Waals surface area contributed by atoms with Crippen LogP contribution in [0.3, 0.4) is 0 Å². The van der Waals surface area contributed by atoms with Crippen LogP contribution in [0.1, 0.15) is 39.7 Å². The number of rotatable bonds is 5. The van der Waals surface area contributed by atoms with Gasteiger partial charge in [0.05, 0.1) is 0 Å². The molecule has 1 amide bonds. The van der Waals surface area contributed by atoms with Crippen LogP contribution in [-0.2, 0) is 4.74 Å². The Labute approximate surface area is 168 Å². The van der Waals surface area contributed by atoms with Gasteiger partial charge in [0.2, 0.25) is 0 Å². The Morgan fingerprint density at radius 1 is 1.40 bits per heavy atom. The van der Waals surface area contributed by atoms with Crippen molar-refractivity contribution in [2.45, 2.75) is 52.7 Å². The Morgan fingerprint density at radius 3 is 2.60 bits per heavy atom. The fourth-order valence-electron chi connectivity index (χ4n) is 1.99. The predicted octanol–water partition coefficient (Wildman–Crippen LogP) is 3.99. The minimum absolute atomic E-state index is 0. The number of hydrogen-bond acceptors (Lipinski definition) is 3. The van der Waals surface area contributed by atoms with Crippen molar-refractivity contribution in [2.75, 3.05) is 18.9 Å². The van der Waals surface area contributed by atoms with Crippen molar-refractivity contribution < 1.29 is 9.53 Å². The summed E-state index contributed by atoms with van der Waals surface area (Å²) in [7, 11) is 1.73. The smallest absolute Gasteiger partial charge is 0.410 e. The van der Waals surface area contributed by atoms with Crippen LogP contribution in [0.2, 0.25) is 0 Å². The van der Waals surface area contributed by atoms with Crippen molar-refractivity contribution in [2.24, 2.45) is 10.7 Å². The first-order valence-corrected chi connectivity index (χ1v) is 8.18.